The van der Waals surface area contributed by atoms with Crippen LogP contribution in [-0.4, -0.2) is 35.4 Å². The Morgan fingerprint density at radius 3 is 2.11 bits per heavy atom. The number of halogens is 1. The van der Waals surface area contributed by atoms with Crippen LogP contribution in [0.25, 0.3) is 0 Å². The van der Waals surface area contributed by atoms with Gasteiger partial charge in [0.2, 0.25) is 0 Å². The Morgan fingerprint density at radius 2 is 1.56 bits per heavy atom. The van der Waals surface area contributed by atoms with E-state index in [2.05, 4.69) is 13.2 Å². The molecule has 0 amide bonds. The van der Waals surface area contributed by atoms with Gasteiger partial charge in [-0.05, 0) is 0 Å². The summed E-state index contributed by atoms with van der Waals surface area (Å²) in [5, 5.41) is -0.323. The normalized spacial score (nSPS) is 10.4. The Bertz CT molecular complexity index is 701. The molecule has 0 fully saturated rings. The first-order valence-corrected chi connectivity index (χ1v) is 11.4. The van der Waals surface area contributed by atoms with Crippen molar-refractivity contribution in [3.05, 3.63) is 58.2 Å². The van der Waals surface area contributed by atoms with Gasteiger partial charge >= 0.3 is 170 Å². The zero-order valence-corrected chi connectivity index (χ0v) is 17.8. The van der Waals surface area contributed by atoms with Gasteiger partial charge in [0.25, 0.3) is 0 Å². The van der Waals surface area contributed by atoms with Gasteiger partial charge in [-0.1, -0.05) is 0 Å². The van der Waals surface area contributed by atoms with Crippen LogP contribution in [0.1, 0.15) is 13.8 Å². The van der Waals surface area contributed by atoms with Crippen LogP contribution in [0.5, 0.6) is 0 Å². The Balaban J connectivity index is 2.71. The van der Waals surface area contributed by atoms with Crippen molar-refractivity contribution >= 4 is 55.4 Å². The minimum atomic E-state index is -3.15. The summed E-state index contributed by atoms with van der Waals surface area (Å²) in [6.45, 7) is 9.27. The van der Waals surface area contributed by atoms with Crippen LogP contribution in [0.3, 0.4) is 0 Å². The second-order valence-electron chi connectivity index (χ2n) is 5.12. The molecule has 0 N–H and O–H groups in total. The summed E-state index contributed by atoms with van der Waals surface area (Å²) in [6.07, 6.45) is 0. The molecule has 0 aliphatic rings. The molecule has 27 heavy (non-hydrogen) atoms. The SMILES string of the molecule is C=C(C)C(=O)OCC(=O)OI(OC(=O)CSC(=O)C(=C)C)c1ccccc1. The molecule has 0 radical (unpaired) electrons. The van der Waals surface area contributed by atoms with Crippen molar-refractivity contribution in [1.29, 1.82) is 0 Å². The predicted octanol–water partition coefficient (Wildman–Crippen LogP) is 3.23. The van der Waals surface area contributed by atoms with E-state index in [1.807, 2.05) is 0 Å². The molecule has 146 valence electrons. The number of carbonyl (C=O) groups is 4. The van der Waals surface area contributed by atoms with Crippen molar-refractivity contribution in [3.63, 3.8) is 0 Å². The third-order valence-corrected chi connectivity index (χ3v) is 7.07. The van der Waals surface area contributed by atoms with Gasteiger partial charge in [0.05, 0.1) is 0 Å². The zero-order valence-electron chi connectivity index (χ0n) is 14.9. The van der Waals surface area contributed by atoms with E-state index in [9.17, 15) is 19.2 Å². The molecular weight excluding hydrogens is 487 g/mol. The second kappa shape index (κ2) is 11.5. The average Bonchev–Trinajstić information content (AvgIpc) is 2.64. The average molecular weight is 506 g/mol. The van der Waals surface area contributed by atoms with E-state index in [0.29, 0.717) is 9.14 Å². The third kappa shape index (κ3) is 8.87. The third-order valence-electron chi connectivity index (χ3n) is 2.56. The summed E-state index contributed by atoms with van der Waals surface area (Å²) in [5.74, 6) is -2.47. The summed E-state index contributed by atoms with van der Waals surface area (Å²) < 4.78 is 15.8. The zero-order chi connectivity index (χ0) is 20.4. The molecule has 1 aromatic rings. The molecular formula is C18H19IO7S. The fourth-order valence-corrected chi connectivity index (χ4v) is 4.86. The Labute approximate surface area is 169 Å². The van der Waals surface area contributed by atoms with Crippen LogP contribution in [0, 0.1) is 3.57 Å². The van der Waals surface area contributed by atoms with Gasteiger partial charge in [-0.15, -0.1) is 0 Å². The van der Waals surface area contributed by atoms with Crippen molar-refractivity contribution in [2.75, 3.05) is 12.4 Å². The predicted molar refractivity (Wildman–Crippen MR) is 109 cm³/mol. The Kier molecular flexibility index (Phi) is 9.79. The van der Waals surface area contributed by atoms with Gasteiger partial charge in [0.15, 0.2) is 0 Å². The molecule has 0 spiro atoms. The van der Waals surface area contributed by atoms with Crippen LogP contribution in [0.15, 0.2) is 54.6 Å². The monoisotopic (exact) mass is 506 g/mol. The molecule has 0 unspecified atom stereocenters. The maximum atomic E-state index is 12.0. The van der Waals surface area contributed by atoms with Gasteiger partial charge in [-0.25, -0.2) is 0 Å². The molecule has 0 heterocycles. The van der Waals surface area contributed by atoms with E-state index >= 15 is 0 Å². The maximum absolute atomic E-state index is 12.0. The van der Waals surface area contributed by atoms with Crippen molar-refractivity contribution in [2.24, 2.45) is 0 Å². The van der Waals surface area contributed by atoms with Crippen molar-refractivity contribution in [1.82, 2.24) is 0 Å². The molecule has 0 aliphatic carbocycles. The van der Waals surface area contributed by atoms with Crippen molar-refractivity contribution < 1.29 is 30.0 Å². The molecule has 7 nitrogen and oxygen atoms in total. The summed E-state index contributed by atoms with van der Waals surface area (Å²) in [7, 11) is 0. The number of hydrogen-bond acceptors (Lipinski definition) is 8. The number of thioether (sulfide) groups is 1. The number of benzene rings is 1. The molecule has 0 aliphatic heterocycles. The van der Waals surface area contributed by atoms with E-state index in [-0.39, 0.29) is 16.4 Å². The number of rotatable bonds is 9. The van der Waals surface area contributed by atoms with Gasteiger partial charge in [-0.2, -0.15) is 0 Å². The van der Waals surface area contributed by atoms with E-state index in [0.717, 1.165) is 11.8 Å². The summed E-state index contributed by atoms with van der Waals surface area (Å²) >= 11 is -2.39. The van der Waals surface area contributed by atoms with Crippen LogP contribution in [0.2, 0.25) is 0 Å². The van der Waals surface area contributed by atoms with Crippen molar-refractivity contribution in [3.8, 4) is 0 Å². The first-order chi connectivity index (χ1) is 12.7. The molecule has 9 heteroatoms. The van der Waals surface area contributed by atoms with Crippen LogP contribution < -0.4 is 0 Å². The van der Waals surface area contributed by atoms with E-state index in [1.165, 1.54) is 13.8 Å². The van der Waals surface area contributed by atoms with E-state index in [1.54, 1.807) is 30.3 Å². The number of carbonyl (C=O) groups excluding carboxylic acids is 4. The first-order valence-electron chi connectivity index (χ1n) is 7.53. The van der Waals surface area contributed by atoms with Gasteiger partial charge in [0.1, 0.15) is 0 Å². The van der Waals surface area contributed by atoms with Crippen LogP contribution >= 0.6 is 32.4 Å². The number of esters is 1. The molecule has 0 bridgehead atoms. The van der Waals surface area contributed by atoms with Gasteiger partial charge in [0, 0.05) is 0 Å². The fourth-order valence-electron chi connectivity index (χ4n) is 1.32. The molecule has 0 atom stereocenters. The molecule has 1 rings (SSSR count). The summed E-state index contributed by atoms with van der Waals surface area (Å²) in [5.41, 5.74) is 0.462. The number of ether oxygens (including phenoxy) is 1. The summed E-state index contributed by atoms with van der Waals surface area (Å²) in [4.78, 5) is 46.8. The van der Waals surface area contributed by atoms with E-state index < -0.39 is 45.2 Å². The first kappa shape index (κ1) is 22.9. The topological polar surface area (TPSA) is 96.0 Å². The van der Waals surface area contributed by atoms with Gasteiger partial charge < -0.3 is 0 Å². The quantitative estimate of drug-likeness (QED) is 0.286. The molecule has 1 aromatic carbocycles. The van der Waals surface area contributed by atoms with Crippen LogP contribution in [0.4, 0.5) is 0 Å². The molecule has 0 saturated heterocycles. The minimum absolute atomic E-state index is 0.145. The number of hydrogen-bond donors (Lipinski definition) is 0. The fraction of sp³-hybridized carbons (Fsp3) is 0.222. The molecule has 0 saturated carbocycles. The summed E-state index contributed by atoms with van der Waals surface area (Å²) in [6, 6.07) is 8.51. The second-order valence-corrected chi connectivity index (χ2v) is 9.44. The Morgan fingerprint density at radius 1 is 0.963 bits per heavy atom. The van der Waals surface area contributed by atoms with Gasteiger partial charge in [-0.3, -0.25) is 0 Å². The van der Waals surface area contributed by atoms with E-state index in [4.69, 9.17) is 10.9 Å². The molecule has 0 aromatic heterocycles. The Hall–Kier alpha value is -2.14. The van der Waals surface area contributed by atoms with Crippen molar-refractivity contribution in [2.45, 2.75) is 13.8 Å². The standard InChI is InChI=1S/C18H19IO7S/c1-12(2)17(22)24-10-15(20)25-19(14-8-6-5-7-9-14)26-16(21)11-27-18(23)13(3)4/h5-9H,1,3,10-11H2,2,4H3. The van der Waals surface area contributed by atoms with Crippen LogP contribution in [-0.2, 0) is 30.0 Å².